The minimum Gasteiger partial charge on any atom is -0.368 e. The summed E-state index contributed by atoms with van der Waals surface area (Å²) in [5.41, 5.74) is 9.49. The van der Waals surface area contributed by atoms with Gasteiger partial charge in [-0.15, -0.1) is 0 Å². The third kappa shape index (κ3) is 5.94. The first-order chi connectivity index (χ1) is 13.3. The van der Waals surface area contributed by atoms with Crippen LogP contribution in [0.2, 0.25) is 0 Å². The standard InChI is InChI=1S/C22H27N3O3/c1-14-8-7-9-15(2)18(14)13-19(21(23)27)25-22(28)20(24-16(3)26)12-17-10-5-4-6-11-17/h4-11,19-20H,12-13H2,1-3H3,(H2,23,27)(H,24,26)(H,25,28)/t19-,20-/m1/s1. The van der Waals surface area contributed by atoms with E-state index in [9.17, 15) is 14.4 Å². The summed E-state index contributed by atoms with van der Waals surface area (Å²) in [4.78, 5) is 36.4. The number of primary amides is 1. The van der Waals surface area contributed by atoms with Crippen molar-refractivity contribution in [2.45, 2.75) is 45.7 Å². The first-order valence-electron chi connectivity index (χ1n) is 9.23. The topological polar surface area (TPSA) is 101 Å². The lowest BCUT2D eigenvalue weighted by Crippen LogP contribution is -2.54. The number of nitrogens with one attached hydrogen (secondary N) is 2. The Labute approximate surface area is 165 Å². The third-order valence-corrected chi connectivity index (χ3v) is 4.69. The number of benzene rings is 2. The fourth-order valence-electron chi connectivity index (χ4n) is 3.17. The summed E-state index contributed by atoms with van der Waals surface area (Å²) in [5, 5.41) is 5.37. The first kappa shape index (κ1) is 21.2. The maximum Gasteiger partial charge on any atom is 0.243 e. The average Bonchev–Trinajstić information content (AvgIpc) is 2.63. The first-order valence-corrected chi connectivity index (χ1v) is 9.23. The van der Waals surface area contributed by atoms with Gasteiger partial charge < -0.3 is 16.4 Å². The molecule has 0 unspecified atom stereocenters. The Hall–Kier alpha value is -3.15. The van der Waals surface area contributed by atoms with Gasteiger partial charge in [-0.1, -0.05) is 48.5 Å². The Kier molecular flexibility index (Phi) is 7.32. The Morgan fingerprint density at radius 2 is 1.46 bits per heavy atom. The van der Waals surface area contributed by atoms with Gasteiger partial charge in [0.2, 0.25) is 17.7 Å². The normalized spacial score (nSPS) is 12.7. The lowest BCUT2D eigenvalue weighted by molar-refractivity contribution is -0.130. The van der Waals surface area contributed by atoms with Crippen LogP contribution in [0.3, 0.4) is 0 Å². The van der Waals surface area contributed by atoms with Crippen LogP contribution in [0, 0.1) is 13.8 Å². The van der Waals surface area contributed by atoms with E-state index in [1.807, 2.05) is 62.4 Å². The molecule has 6 heteroatoms. The molecular weight excluding hydrogens is 354 g/mol. The van der Waals surface area contributed by atoms with Crippen LogP contribution >= 0.6 is 0 Å². The summed E-state index contributed by atoms with van der Waals surface area (Å²) in [6.45, 7) is 5.27. The molecule has 0 aliphatic heterocycles. The highest BCUT2D eigenvalue weighted by atomic mass is 16.2. The zero-order chi connectivity index (χ0) is 20.7. The van der Waals surface area contributed by atoms with Crippen LogP contribution in [0.5, 0.6) is 0 Å². The van der Waals surface area contributed by atoms with Crippen LogP contribution in [0.1, 0.15) is 29.2 Å². The van der Waals surface area contributed by atoms with Gasteiger partial charge >= 0.3 is 0 Å². The summed E-state index contributed by atoms with van der Waals surface area (Å²) < 4.78 is 0. The van der Waals surface area contributed by atoms with Gasteiger partial charge in [-0.2, -0.15) is 0 Å². The second-order valence-electron chi connectivity index (χ2n) is 6.98. The monoisotopic (exact) mass is 381 g/mol. The number of nitrogens with two attached hydrogens (primary N) is 1. The highest BCUT2D eigenvalue weighted by molar-refractivity contribution is 5.91. The highest BCUT2D eigenvalue weighted by Gasteiger charge is 2.26. The Bertz CT molecular complexity index is 829. The summed E-state index contributed by atoms with van der Waals surface area (Å²) in [7, 11) is 0. The smallest absolute Gasteiger partial charge is 0.243 e. The van der Waals surface area contributed by atoms with E-state index >= 15 is 0 Å². The Balaban J connectivity index is 2.17. The molecule has 148 valence electrons. The van der Waals surface area contributed by atoms with Gasteiger partial charge in [0.15, 0.2) is 0 Å². The molecule has 2 atom stereocenters. The lowest BCUT2D eigenvalue weighted by Gasteiger charge is -2.23. The number of hydrogen-bond donors (Lipinski definition) is 3. The maximum absolute atomic E-state index is 12.8. The van der Waals surface area contributed by atoms with Gasteiger partial charge in [-0.3, -0.25) is 14.4 Å². The predicted molar refractivity (Wildman–Crippen MR) is 108 cm³/mol. The molecular formula is C22H27N3O3. The molecule has 0 saturated carbocycles. The molecule has 2 rings (SSSR count). The molecule has 2 aromatic carbocycles. The molecule has 0 bridgehead atoms. The zero-order valence-electron chi connectivity index (χ0n) is 16.5. The van der Waals surface area contributed by atoms with Gasteiger partial charge in [0, 0.05) is 19.8 Å². The van der Waals surface area contributed by atoms with E-state index in [0.717, 1.165) is 22.3 Å². The van der Waals surface area contributed by atoms with Crippen molar-refractivity contribution in [2.75, 3.05) is 0 Å². The molecule has 0 saturated heterocycles. The number of hydrogen-bond acceptors (Lipinski definition) is 3. The summed E-state index contributed by atoms with van der Waals surface area (Å²) in [6, 6.07) is 13.6. The van der Waals surface area contributed by atoms with Crippen molar-refractivity contribution in [3.63, 3.8) is 0 Å². The van der Waals surface area contributed by atoms with Crippen LogP contribution in [0.15, 0.2) is 48.5 Å². The van der Waals surface area contributed by atoms with E-state index in [0.29, 0.717) is 12.8 Å². The minimum absolute atomic E-state index is 0.303. The molecule has 2 aromatic rings. The molecule has 6 nitrogen and oxygen atoms in total. The molecule has 0 spiro atoms. The fourth-order valence-corrected chi connectivity index (χ4v) is 3.17. The van der Waals surface area contributed by atoms with Crippen LogP contribution in [0.4, 0.5) is 0 Å². The molecule has 0 aliphatic carbocycles. The van der Waals surface area contributed by atoms with Crippen LogP contribution in [0.25, 0.3) is 0 Å². The number of carbonyl (C=O) groups is 3. The van der Waals surface area contributed by atoms with Crippen molar-refractivity contribution >= 4 is 17.7 Å². The zero-order valence-corrected chi connectivity index (χ0v) is 16.5. The van der Waals surface area contributed by atoms with E-state index in [2.05, 4.69) is 10.6 Å². The number of aryl methyl sites for hydroxylation is 2. The molecule has 0 radical (unpaired) electrons. The van der Waals surface area contributed by atoms with E-state index in [4.69, 9.17) is 5.73 Å². The second kappa shape index (κ2) is 9.69. The molecule has 0 heterocycles. The second-order valence-corrected chi connectivity index (χ2v) is 6.98. The molecule has 4 N–H and O–H groups in total. The molecule has 28 heavy (non-hydrogen) atoms. The highest BCUT2D eigenvalue weighted by Crippen LogP contribution is 2.15. The lowest BCUT2D eigenvalue weighted by atomic mass is 9.95. The van der Waals surface area contributed by atoms with Crippen molar-refractivity contribution in [1.82, 2.24) is 10.6 Å². The fraction of sp³-hybridized carbons (Fsp3) is 0.318. The number of amides is 3. The summed E-state index contributed by atoms with van der Waals surface area (Å²) in [6.07, 6.45) is 0.624. The molecule has 0 aliphatic rings. The summed E-state index contributed by atoms with van der Waals surface area (Å²) >= 11 is 0. The van der Waals surface area contributed by atoms with Crippen LogP contribution < -0.4 is 16.4 Å². The quantitative estimate of drug-likeness (QED) is 0.647. The Morgan fingerprint density at radius 1 is 0.857 bits per heavy atom. The Morgan fingerprint density at radius 3 is 2.00 bits per heavy atom. The average molecular weight is 381 g/mol. The predicted octanol–water partition coefficient (Wildman–Crippen LogP) is 1.56. The van der Waals surface area contributed by atoms with E-state index in [1.54, 1.807) is 0 Å². The van der Waals surface area contributed by atoms with E-state index < -0.39 is 23.9 Å². The van der Waals surface area contributed by atoms with Crippen molar-refractivity contribution < 1.29 is 14.4 Å². The molecule has 0 fully saturated rings. The van der Waals surface area contributed by atoms with Gasteiger partial charge in [0.1, 0.15) is 12.1 Å². The van der Waals surface area contributed by atoms with Gasteiger partial charge in [0.05, 0.1) is 0 Å². The molecule has 3 amide bonds. The van der Waals surface area contributed by atoms with Crippen molar-refractivity contribution in [3.05, 3.63) is 70.8 Å². The van der Waals surface area contributed by atoms with Crippen LogP contribution in [-0.4, -0.2) is 29.8 Å². The van der Waals surface area contributed by atoms with E-state index in [-0.39, 0.29) is 5.91 Å². The van der Waals surface area contributed by atoms with Crippen molar-refractivity contribution in [2.24, 2.45) is 5.73 Å². The third-order valence-electron chi connectivity index (χ3n) is 4.69. The maximum atomic E-state index is 12.8. The van der Waals surface area contributed by atoms with Crippen molar-refractivity contribution in [3.8, 4) is 0 Å². The number of carbonyl (C=O) groups excluding carboxylic acids is 3. The minimum atomic E-state index is -0.862. The van der Waals surface area contributed by atoms with Crippen LogP contribution in [-0.2, 0) is 27.2 Å². The van der Waals surface area contributed by atoms with Crippen molar-refractivity contribution in [1.29, 1.82) is 0 Å². The van der Waals surface area contributed by atoms with E-state index in [1.165, 1.54) is 6.92 Å². The van der Waals surface area contributed by atoms with Gasteiger partial charge in [-0.25, -0.2) is 0 Å². The summed E-state index contributed by atoms with van der Waals surface area (Å²) in [5.74, 6) is -1.37. The SMILES string of the molecule is CC(=O)N[C@H](Cc1ccccc1)C(=O)N[C@H](Cc1c(C)cccc1C)C(N)=O. The number of rotatable bonds is 8. The largest absolute Gasteiger partial charge is 0.368 e. The van der Waals surface area contributed by atoms with Gasteiger partial charge in [0.25, 0.3) is 0 Å². The molecule has 0 aromatic heterocycles. The van der Waals surface area contributed by atoms with Gasteiger partial charge in [-0.05, 0) is 36.1 Å².